The van der Waals surface area contributed by atoms with Crippen molar-refractivity contribution in [3.05, 3.63) is 119 Å². The summed E-state index contributed by atoms with van der Waals surface area (Å²) in [6.07, 6.45) is 3.28. The van der Waals surface area contributed by atoms with Crippen LogP contribution in [0.2, 0.25) is 5.02 Å². The minimum Gasteiger partial charge on any atom is -0.345 e. The van der Waals surface area contributed by atoms with E-state index < -0.39 is 6.04 Å². The number of rotatable bonds is 8. The largest absolute Gasteiger partial charge is 0.345 e. The van der Waals surface area contributed by atoms with Gasteiger partial charge in [-0.05, 0) is 42.0 Å². The summed E-state index contributed by atoms with van der Waals surface area (Å²) < 4.78 is 1.65. The molecular weight excluding hydrogens is 464 g/mol. The van der Waals surface area contributed by atoms with E-state index in [-0.39, 0.29) is 24.0 Å². The van der Waals surface area contributed by atoms with Crippen molar-refractivity contribution >= 4 is 34.9 Å². The van der Waals surface area contributed by atoms with Crippen molar-refractivity contribution in [2.24, 2.45) is 7.05 Å². The maximum atomic E-state index is 12.9. The molecule has 7 nitrogen and oxygen atoms in total. The van der Waals surface area contributed by atoms with Gasteiger partial charge in [-0.3, -0.25) is 14.4 Å². The fourth-order valence-corrected chi connectivity index (χ4v) is 3.86. The van der Waals surface area contributed by atoms with Gasteiger partial charge >= 0.3 is 0 Å². The van der Waals surface area contributed by atoms with Crippen LogP contribution in [0.4, 0.5) is 5.69 Å². The minimum atomic E-state index is -0.566. The van der Waals surface area contributed by atoms with Crippen LogP contribution < -0.4 is 10.6 Å². The number of imidazole rings is 1. The molecule has 0 radical (unpaired) electrons. The number of nitrogens with one attached hydrogen (secondary N) is 2. The molecule has 2 amide bonds. The summed E-state index contributed by atoms with van der Waals surface area (Å²) in [6, 6.07) is 22.0. The van der Waals surface area contributed by atoms with Crippen molar-refractivity contribution in [2.75, 3.05) is 5.32 Å². The number of carbonyl (C=O) groups excluding carboxylic acids is 3. The van der Waals surface area contributed by atoms with Gasteiger partial charge in [0.15, 0.2) is 5.82 Å². The number of hydrogen-bond donors (Lipinski definition) is 2. The van der Waals surface area contributed by atoms with Crippen LogP contribution in [-0.4, -0.2) is 27.1 Å². The van der Waals surface area contributed by atoms with Crippen molar-refractivity contribution in [3.8, 4) is 0 Å². The number of benzene rings is 3. The van der Waals surface area contributed by atoms with Crippen LogP contribution in [0.1, 0.15) is 44.6 Å². The van der Waals surface area contributed by atoms with Crippen molar-refractivity contribution in [1.29, 1.82) is 0 Å². The second-order valence-electron chi connectivity index (χ2n) is 7.94. The van der Waals surface area contributed by atoms with Crippen LogP contribution in [0.25, 0.3) is 0 Å². The quantitative estimate of drug-likeness (QED) is 0.350. The number of halogens is 1. The highest BCUT2D eigenvalue weighted by Crippen LogP contribution is 2.21. The first kappa shape index (κ1) is 23.9. The maximum absolute atomic E-state index is 12.9. The molecule has 35 heavy (non-hydrogen) atoms. The molecule has 1 atom stereocenters. The summed E-state index contributed by atoms with van der Waals surface area (Å²) in [5.41, 5.74) is 2.13. The van der Waals surface area contributed by atoms with Crippen LogP contribution in [-0.2, 0) is 11.8 Å². The number of amides is 2. The summed E-state index contributed by atoms with van der Waals surface area (Å²) >= 11 is 6.17. The van der Waals surface area contributed by atoms with Crippen LogP contribution in [0.3, 0.4) is 0 Å². The molecule has 0 bridgehead atoms. The third-order valence-corrected chi connectivity index (χ3v) is 5.80. The van der Waals surface area contributed by atoms with E-state index in [2.05, 4.69) is 15.6 Å². The fourth-order valence-electron chi connectivity index (χ4n) is 3.63. The maximum Gasteiger partial charge on any atom is 0.253 e. The molecule has 4 rings (SSSR count). The molecule has 0 aliphatic heterocycles. The number of anilines is 1. The fraction of sp³-hybridized carbons (Fsp3) is 0.111. The second kappa shape index (κ2) is 10.8. The van der Waals surface area contributed by atoms with E-state index in [4.69, 9.17) is 11.6 Å². The third kappa shape index (κ3) is 5.83. The van der Waals surface area contributed by atoms with Crippen LogP contribution in [0.5, 0.6) is 0 Å². The lowest BCUT2D eigenvalue weighted by Gasteiger charge is -2.19. The molecule has 0 saturated heterocycles. The van der Waals surface area contributed by atoms with Gasteiger partial charge in [0.05, 0.1) is 23.0 Å². The number of ketones is 1. The van der Waals surface area contributed by atoms with E-state index in [9.17, 15) is 14.4 Å². The molecule has 2 N–H and O–H groups in total. The SMILES string of the molecule is Cn1ccnc1C(=O)c1ccc(NC(=O)CC(NC(=O)c2ccccc2Cl)c2ccccc2)cc1. The molecule has 0 fully saturated rings. The first-order valence-electron chi connectivity index (χ1n) is 10.9. The summed E-state index contributed by atoms with van der Waals surface area (Å²) in [6.45, 7) is 0. The molecule has 0 spiro atoms. The summed E-state index contributed by atoms with van der Waals surface area (Å²) in [5.74, 6) is -0.528. The monoisotopic (exact) mass is 486 g/mol. The van der Waals surface area contributed by atoms with Gasteiger partial charge in [0.2, 0.25) is 11.7 Å². The van der Waals surface area contributed by atoms with Gasteiger partial charge in [0.1, 0.15) is 0 Å². The second-order valence-corrected chi connectivity index (χ2v) is 8.34. The van der Waals surface area contributed by atoms with E-state index in [1.807, 2.05) is 30.3 Å². The highest BCUT2D eigenvalue weighted by molar-refractivity contribution is 6.33. The minimum absolute atomic E-state index is 0.00809. The van der Waals surface area contributed by atoms with Gasteiger partial charge < -0.3 is 15.2 Å². The number of carbonyl (C=O) groups is 3. The lowest BCUT2D eigenvalue weighted by atomic mass is 10.0. The molecule has 8 heteroatoms. The first-order valence-corrected chi connectivity index (χ1v) is 11.3. The Bertz CT molecular complexity index is 1350. The van der Waals surface area contributed by atoms with Gasteiger partial charge in [-0.25, -0.2) is 4.98 Å². The molecule has 4 aromatic rings. The summed E-state index contributed by atoms with van der Waals surface area (Å²) in [7, 11) is 1.75. The standard InChI is InChI=1S/C27H23ClN4O3/c1-32-16-15-29-26(32)25(34)19-11-13-20(14-12-19)30-24(33)17-23(18-7-3-2-4-8-18)31-27(35)21-9-5-6-10-22(21)28/h2-16,23H,17H2,1H3,(H,30,33)(H,31,35). The number of hydrogen-bond acceptors (Lipinski definition) is 4. The highest BCUT2D eigenvalue weighted by atomic mass is 35.5. The average molecular weight is 487 g/mol. The molecule has 0 aliphatic rings. The van der Waals surface area contributed by atoms with Crippen molar-refractivity contribution in [2.45, 2.75) is 12.5 Å². The summed E-state index contributed by atoms with van der Waals surface area (Å²) in [5, 5.41) is 6.08. The van der Waals surface area contributed by atoms with Crippen LogP contribution >= 0.6 is 11.6 Å². The Morgan fingerprint density at radius 3 is 2.29 bits per heavy atom. The van der Waals surface area contributed by atoms with Crippen molar-refractivity contribution in [1.82, 2.24) is 14.9 Å². The van der Waals surface area contributed by atoms with E-state index in [1.165, 1.54) is 0 Å². The van der Waals surface area contributed by atoms with Gasteiger partial charge in [0, 0.05) is 30.7 Å². The smallest absolute Gasteiger partial charge is 0.253 e. The van der Waals surface area contributed by atoms with E-state index in [0.717, 1.165) is 5.56 Å². The zero-order valence-corrected chi connectivity index (χ0v) is 19.7. The Hall–Kier alpha value is -4.23. The number of nitrogens with zero attached hydrogens (tertiary/aromatic N) is 2. The van der Waals surface area contributed by atoms with Gasteiger partial charge in [0.25, 0.3) is 5.91 Å². The van der Waals surface area contributed by atoms with E-state index >= 15 is 0 Å². The van der Waals surface area contributed by atoms with Gasteiger partial charge in [-0.1, -0.05) is 54.1 Å². The van der Waals surface area contributed by atoms with Crippen LogP contribution in [0, 0.1) is 0 Å². The molecule has 1 heterocycles. The van der Waals surface area contributed by atoms with Gasteiger partial charge in [-0.15, -0.1) is 0 Å². The molecule has 176 valence electrons. The Balaban J connectivity index is 1.45. The lowest BCUT2D eigenvalue weighted by Crippen LogP contribution is -2.31. The van der Waals surface area contributed by atoms with Gasteiger partial charge in [-0.2, -0.15) is 0 Å². The molecule has 0 saturated carbocycles. The zero-order chi connectivity index (χ0) is 24.8. The topological polar surface area (TPSA) is 93.1 Å². The zero-order valence-electron chi connectivity index (χ0n) is 18.9. The molecule has 3 aromatic carbocycles. The molecule has 1 unspecified atom stereocenters. The van der Waals surface area contributed by atoms with E-state index in [1.54, 1.807) is 72.5 Å². The Kier molecular flexibility index (Phi) is 7.38. The normalized spacial score (nSPS) is 11.5. The Morgan fingerprint density at radius 1 is 0.943 bits per heavy atom. The molecule has 1 aromatic heterocycles. The predicted octanol–water partition coefficient (Wildman–Crippen LogP) is 4.80. The predicted molar refractivity (Wildman–Crippen MR) is 134 cm³/mol. The Labute approximate surface area is 207 Å². The first-order chi connectivity index (χ1) is 16.9. The summed E-state index contributed by atoms with van der Waals surface area (Å²) in [4.78, 5) is 42.4. The van der Waals surface area contributed by atoms with E-state index in [0.29, 0.717) is 27.7 Å². The Morgan fingerprint density at radius 2 is 1.63 bits per heavy atom. The lowest BCUT2D eigenvalue weighted by molar-refractivity contribution is -0.116. The highest BCUT2D eigenvalue weighted by Gasteiger charge is 2.21. The molecule has 0 aliphatic carbocycles. The number of aryl methyl sites for hydroxylation is 1. The van der Waals surface area contributed by atoms with Crippen molar-refractivity contribution in [3.63, 3.8) is 0 Å². The molecular formula is C27H23ClN4O3. The number of aromatic nitrogens is 2. The van der Waals surface area contributed by atoms with Crippen molar-refractivity contribution < 1.29 is 14.4 Å². The average Bonchev–Trinajstić information content (AvgIpc) is 3.30. The third-order valence-electron chi connectivity index (χ3n) is 5.47. The van der Waals surface area contributed by atoms with Crippen LogP contribution in [0.15, 0.2) is 91.3 Å².